The molecule has 1 aromatic rings. The molecule has 1 heterocycles. The van der Waals surface area contributed by atoms with Crippen LogP contribution in [0.4, 0.5) is 0 Å². The smallest absolute Gasteiger partial charge is 0.250 e. The van der Waals surface area contributed by atoms with Gasteiger partial charge in [0.25, 0.3) is 5.91 Å². The average Bonchev–Trinajstić information content (AvgIpc) is 2.53. The molecule has 0 saturated carbocycles. The van der Waals surface area contributed by atoms with Crippen molar-refractivity contribution >= 4 is 34.9 Å². The van der Waals surface area contributed by atoms with E-state index < -0.39 is 0 Å². The molecule has 0 aliphatic carbocycles. The minimum Gasteiger partial charge on any atom is -0.385 e. The highest BCUT2D eigenvalue weighted by atomic mass is 35.5. The molecule has 1 aliphatic heterocycles. The van der Waals surface area contributed by atoms with Crippen LogP contribution in [0.25, 0.3) is 0 Å². The largest absolute Gasteiger partial charge is 0.385 e. The van der Waals surface area contributed by atoms with Crippen LogP contribution in [0.15, 0.2) is 23.3 Å². The summed E-state index contributed by atoms with van der Waals surface area (Å²) >= 11 is 11.9. The highest BCUT2D eigenvalue weighted by Crippen LogP contribution is 2.27. The average molecular weight is 258 g/mol. The SMILES string of the molecule is NC1=NN(Cc2cccc(Cl)c2Cl)C(=O)C1. The van der Waals surface area contributed by atoms with Crippen molar-refractivity contribution in [1.29, 1.82) is 0 Å². The van der Waals surface area contributed by atoms with E-state index in [4.69, 9.17) is 28.9 Å². The Bertz CT molecular complexity index is 473. The van der Waals surface area contributed by atoms with Crippen molar-refractivity contribution in [2.75, 3.05) is 0 Å². The maximum Gasteiger partial charge on any atom is 0.250 e. The molecule has 0 bridgehead atoms. The van der Waals surface area contributed by atoms with E-state index in [0.717, 1.165) is 5.56 Å². The van der Waals surface area contributed by atoms with Crippen LogP contribution >= 0.6 is 23.2 Å². The van der Waals surface area contributed by atoms with Gasteiger partial charge >= 0.3 is 0 Å². The molecule has 2 rings (SSSR count). The molecule has 0 radical (unpaired) electrons. The molecule has 0 saturated heterocycles. The lowest BCUT2D eigenvalue weighted by atomic mass is 10.2. The molecule has 0 spiro atoms. The van der Waals surface area contributed by atoms with Crippen LogP contribution in [-0.4, -0.2) is 16.8 Å². The maximum absolute atomic E-state index is 11.4. The molecule has 1 amide bonds. The number of amidine groups is 1. The first kappa shape index (κ1) is 11.2. The Kier molecular flexibility index (Phi) is 3.03. The topological polar surface area (TPSA) is 58.7 Å². The van der Waals surface area contributed by atoms with Gasteiger partial charge in [-0.25, -0.2) is 5.01 Å². The van der Waals surface area contributed by atoms with Crippen molar-refractivity contribution in [2.45, 2.75) is 13.0 Å². The Morgan fingerprint density at radius 3 is 2.81 bits per heavy atom. The van der Waals surface area contributed by atoms with Crippen molar-refractivity contribution in [1.82, 2.24) is 5.01 Å². The van der Waals surface area contributed by atoms with Crippen LogP contribution in [0.3, 0.4) is 0 Å². The second-order valence-electron chi connectivity index (χ2n) is 3.43. The third kappa shape index (κ3) is 2.13. The fraction of sp³-hybridized carbons (Fsp3) is 0.200. The monoisotopic (exact) mass is 257 g/mol. The fourth-order valence-electron chi connectivity index (χ4n) is 1.45. The van der Waals surface area contributed by atoms with E-state index >= 15 is 0 Å². The Hall–Kier alpha value is -1.26. The highest BCUT2D eigenvalue weighted by molar-refractivity contribution is 6.42. The van der Waals surface area contributed by atoms with E-state index in [1.54, 1.807) is 18.2 Å². The summed E-state index contributed by atoms with van der Waals surface area (Å²) in [5, 5.41) is 6.11. The van der Waals surface area contributed by atoms with Gasteiger partial charge in [-0.1, -0.05) is 35.3 Å². The normalized spacial score (nSPS) is 15.5. The molecule has 6 heteroatoms. The lowest BCUT2D eigenvalue weighted by molar-refractivity contribution is -0.129. The van der Waals surface area contributed by atoms with Gasteiger partial charge in [-0.2, -0.15) is 5.10 Å². The molecule has 16 heavy (non-hydrogen) atoms. The number of carbonyl (C=O) groups is 1. The number of hydrogen-bond donors (Lipinski definition) is 1. The molecule has 2 N–H and O–H groups in total. The quantitative estimate of drug-likeness (QED) is 0.881. The van der Waals surface area contributed by atoms with Crippen molar-refractivity contribution in [3.8, 4) is 0 Å². The maximum atomic E-state index is 11.4. The molecule has 0 fully saturated rings. The Balaban J connectivity index is 2.22. The summed E-state index contributed by atoms with van der Waals surface area (Å²) in [6.45, 7) is 0.291. The minimum absolute atomic E-state index is 0.131. The van der Waals surface area contributed by atoms with Gasteiger partial charge < -0.3 is 5.73 Å². The first-order valence-electron chi connectivity index (χ1n) is 4.64. The van der Waals surface area contributed by atoms with Crippen LogP contribution < -0.4 is 5.73 Å². The van der Waals surface area contributed by atoms with E-state index in [2.05, 4.69) is 5.10 Å². The zero-order valence-electron chi connectivity index (χ0n) is 8.28. The van der Waals surface area contributed by atoms with Gasteiger partial charge in [0, 0.05) is 0 Å². The van der Waals surface area contributed by atoms with Crippen LogP contribution in [-0.2, 0) is 11.3 Å². The third-order valence-electron chi connectivity index (χ3n) is 2.22. The molecule has 1 aliphatic rings. The number of halogens is 2. The summed E-state index contributed by atoms with van der Waals surface area (Å²) in [6, 6.07) is 5.26. The molecule has 0 unspecified atom stereocenters. The second-order valence-corrected chi connectivity index (χ2v) is 4.22. The van der Waals surface area contributed by atoms with Gasteiger partial charge in [0.15, 0.2) is 0 Å². The van der Waals surface area contributed by atoms with Crippen molar-refractivity contribution in [3.05, 3.63) is 33.8 Å². The van der Waals surface area contributed by atoms with Gasteiger partial charge in [0.05, 0.1) is 23.0 Å². The second kappa shape index (κ2) is 4.31. The summed E-state index contributed by atoms with van der Waals surface area (Å²) in [5.74, 6) is 0.191. The molecular formula is C10H9Cl2N3O. The zero-order chi connectivity index (χ0) is 11.7. The van der Waals surface area contributed by atoms with Crippen LogP contribution in [0.1, 0.15) is 12.0 Å². The van der Waals surface area contributed by atoms with Crippen LogP contribution in [0, 0.1) is 0 Å². The zero-order valence-corrected chi connectivity index (χ0v) is 9.79. The molecule has 0 aromatic heterocycles. The van der Waals surface area contributed by atoms with Crippen LogP contribution in [0.5, 0.6) is 0 Å². The predicted octanol–water partition coefficient (Wildman–Crippen LogP) is 2.00. The first-order valence-corrected chi connectivity index (χ1v) is 5.39. The van der Waals surface area contributed by atoms with Crippen molar-refractivity contribution in [2.24, 2.45) is 10.8 Å². The standard InChI is InChI=1S/C10H9Cl2N3O/c11-7-3-1-2-6(10(7)12)5-15-9(16)4-8(13)14-15/h1-3H,4-5H2,(H2,13,14). The number of carbonyl (C=O) groups excluding carboxylic acids is 1. The van der Waals surface area contributed by atoms with E-state index in [0.29, 0.717) is 22.4 Å². The number of hydrazone groups is 1. The number of nitrogens with two attached hydrogens (primary N) is 1. The van der Waals surface area contributed by atoms with Gasteiger partial charge in [-0.15, -0.1) is 0 Å². The molecule has 4 nitrogen and oxygen atoms in total. The minimum atomic E-state index is -0.131. The highest BCUT2D eigenvalue weighted by Gasteiger charge is 2.22. The number of amides is 1. The van der Waals surface area contributed by atoms with Crippen LogP contribution in [0.2, 0.25) is 10.0 Å². The lowest BCUT2D eigenvalue weighted by Crippen LogP contribution is -2.20. The number of nitrogens with zero attached hydrogens (tertiary/aromatic N) is 2. The van der Waals surface area contributed by atoms with E-state index in [-0.39, 0.29) is 12.3 Å². The predicted molar refractivity (Wildman–Crippen MR) is 63.3 cm³/mol. The fourth-order valence-corrected chi connectivity index (χ4v) is 1.83. The summed E-state index contributed by atoms with van der Waals surface area (Å²) in [6.07, 6.45) is 0.165. The van der Waals surface area contributed by atoms with Crippen molar-refractivity contribution < 1.29 is 4.79 Å². The molecule has 1 aromatic carbocycles. The lowest BCUT2D eigenvalue weighted by Gasteiger charge is -2.12. The molecule has 0 atom stereocenters. The van der Waals surface area contributed by atoms with Gasteiger partial charge in [0.1, 0.15) is 5.84 Å². The first-order chi connectivity index (χ1) is 7.58. The summed E-state index contributed by atoms with van der Waals surface area (Å²) in [5.41, 5.74) is 6.22. The van der Waals surface area contributed by atoms with Gasteiger partial charge in [-0.05, 0) is 11.6 Å². The Morgan fingerprint density at radius 2 is 2.19 bits per heavy atom. The number of hydrogen-bond acceptors (Lipinski definition) is 3. The summed E-state index contributed by atoms with van der Waals surface area (Å²) < 4.78 is 0. The number of rotatable bonds is 2. The molecule has 84 valence electrons. The Morgan fingerprint density at radius 1 is 1.44 bits per heavy atom. The Labute approximate surface area is 103 Å². The summed E-state index contributed by atoms with van der Waals surface area (Å²) in [7, 11) is 0. The third-order valence-corrected chi connectivity index (χ3v) is 3.08. The van der Waals surface area contributed by atoms with E-state index in [9.17, 15) is 4.79 Å². The van der Waals surface area contributed by atoms with Crippen molar-refractivity contribution in [3.63, 3.8) is 0 Å². The number of benzene rings is 1. The van der Waals surface area contributed by atoms with E-state index in [1.807, 2.05) is 0 Å². The van der Waals surface area contributed by atoms with E-state index in [1.165, 1.54) is 5.01 Å². The van der Waals surface area contributed by atoms with Gasteiger partial charge in [0.2, 0.25) is 0 Å². The summed E-state index contributed by atoms with van der Waals surface area (Å²) in [4.78, 5) is 11.4. The van der Waals surface area contributed by atoms with Gasteiger partial charge in [-0.3, -0.25) is 4.79 Å². The molecular weight excluding hydrogens is 249 g/mol.